The maximum absolute atomic E-state index is 13.6. The van der Waals surface area contributed by atoms with Gasteiger partial charge in [0.25, 0.3) is 0 Å². The predicted molar refractivity (Wildman–Crippen MR) is 67.5 cm³/mol. The highest BCUT2D eigenvalue weighted by atomic mass is 32.2. The largest absolute Gasteiger partial charge is 0.326 e. The molecular weight excluding hydrogens is 256 g/mol. The van der Waals surface area contributed by atoms with Gasteiger partial charge in [-0.2, -0.15) is 0 Å². The molecular formula is C13H17F2NOS. The molecule has 5 heteroatoms. The minimum atomic E-state index is -1.52. The van der Waals surface area contributed by atoms with E-state index in [4.69, 9.17) is 5.73 Å². The number of hydrogen-bond donors (Lipinski definition) is 1. The van der Waals surface area contributed by atoms with Gasteiger partial charge >= 0.3 is 0 Å². The van der Waals surface area contributed by atoms with Crippen LogP contribution >= 0.6 is 0 Å². The van der Waals surface area contributed by atoms with Crippen molar-refractivity contribution in [2.45, 2.75) is 42.9 Å². The third kappa shape index (κ3) is 2.34. The molecule has 1 aromatic carbocycles. The first-order chi connectivity index (χ1) is 8.33. The monoisotopic (exact) mass is 273 g/mol. The highest BCUT2D eigenvalue weighted by Crippen LogP contribution is 2.40. The Morgan fingerprint density at radius 2 is 2.06 bits per heavy atom. The topological polar surface area (TPSA) is 43.1 Å². The van der Waals surface area contributed by atoms with Gasteiger partial charge in [-0.1, -0.05) is 13.8 Å². The lowest BCUT2D eigenvalue weighted by Gasteiger charge is -2.26. The van der Waals surface area contributed by atoms with Gasteiger partial charge in [0, 0.05) is 12.1 Å². The molecule has 100 valence electrons. The molecule has 0 saturated heterocycles. The summed E-state index contributed by atoms with van der Waals surface area (Å²) in [6.07, 6.45) is 1.57. The van der Waals surface area contributed by atoms with Crippen LogP contribution in [0.1, 0.15) is 26.7 Å². The molecule has 2 rings (SSSR count). The number of rotatable bonds is 2. The molecule has 1 aliphatic carbocycles. The first kappa shape index (κ1) is 13.6. The summed E-state index contributed by atoms with van der Waals surface area (Å²) >= 11 is 0. The Kier molecular flexibility index (Phi) is 3.56. The summed E-state index contributed by atoms with van der Waals surface area (Å²) in [5, 5.41) is -0.264. The normalized spacial score (nSPS) is 28.3. The van der Waals surface area contributed by atoms with Crippen LogP contribution in [0.3, 0.4) is 0 Å². The molecule has 18 heavy (non-hydrogen) atoms. The Morgan fingerprint density at radius 1 is 1.39 bits per heavy atom. The summed E-state index contributed by atoms with van der Waals surface area (Å²) < 4.78 is 38.8. The Hall–Kier alpha value is -0.810. The van der Waals surface area contributed by atoms with Crippen LogP contribution in [0.25, 0.3) is 0 Å². The first-order valence-electron chi connectivity index (χ1n) is 5.94. The van der Waals surface area contributed by atoms with E-state index in [1.807, 2.05) is 13.8 Å². The molecule has 0 aliphatic heterocycles. The third-order valence-electron chi connectivity index (χ3n) is 3.76. The van der Waals surface area contributed by atoms with Crippen molar-refractivity contribution in [2.75, 3.05) is 0 Å². The van der Waals surface area contributed by atoms with Crippen LogP contribution < -0.4 is 5.73 Å². The van der Waals surface area contributed by atoms with E-state index in [1.54, 1.807) is 0 Å². The summed E-state index contributed by atoms with van der Waals surface area (Å²) in [7, 11) is -1.52. The van der Waals surface area contributed by atoms with Crippen LogP contribution in [0.4, 0.5) is 8.78 Å². The summed E-state index contributed by atoms with van der Waals surface area (Å²) in [5.41, 5.74) is 6.00. The zero-order chi connectivity index (χ0) is 13.5. The lowest BCUT2D eigenvalue weighted by molar-refractivity contribution is 0.333. The summed E-state index contributed by atoms with van der Waals surface area (Å²) in [6.45, 7) is 4.05. The third-order valence-corrected chi connectivity index (χ3v) is 5.61. The quantitative estimate of drug-likeness (QED) is 0.900. The molecule has 2 N–H and O–H groups in total. The molecule has 0 bridgehead atoms. The van der Waals surface area contributed by atoms with Gasteiger partial charge in [-0.15, -0.1) is 0 Å². The molecule has 0 heterocycles. The molecule has 1 aromatic rings. The lowest BCUT2D eigenvalue weighted by Crippen LogP contribution is -2.41. The van der Waals surface area contributed by atoms with Crippen molar-refractivity contribution >= 4 is 10.8 Å². The van der Waals surface area contributed by atoms with Crippen LogP contribution in [0.15, 0.2) is 23.1 Å². The zero-order valence-corrected chi connectivity index (χ0v) is 11.3. The van der Waals surface area contributed by atoms with Crippen molar-refractivity contribution in [3.8, 4) is 0 Å². The van der Waals surface area contributed by atoms with Crippen LogP contribution in [0.2, 0.25) is 0 Å². The molecule has 0 amide bonds. The van der Waals surface area contributed by atoms with Gasteiger partial charge in [0.2, 0.25) is 0 Å². The molecule has 2 nitrogen and oxygen atoms in total. The second-order valence-electron chi connectivity index (χ2n) is 5.46. The van der Waals surface area contributed by atoms with Crippen molar-refractivity contribution in [3.05, 3.63) is 29.8 Å². The smallest absolute Gasteiger partial charge is 0.142 e. The summed E-state index contributed by atoms with van der Waals surface area (Å²) in [4.78, 5) is 0.0505. The molecule has 3 unspecified atom stereocenters. The van der Waals surface area contributed by atoms with Crippen LogP contribution in [-0.2, 0) is 10.8 Å². The van der Waals surface area contributed by atoms with E-state index in [0.29, 0.717) is 6.42 Å². The van der Waals surface area contributed by atoms with Crippen LogP contribution in [0, 0.1) is 17.0 Å². The van der Waals surface area contributed by atoms with E-state index in [9.17, 15) is 13.0 Å². The maximum Gasteiger partial charge on any atom is 0.142 e. The highest BCUT2D eigenvalue weighted by Gasteiger charge is 2.43. The van der Waals surface area contributed by atoms with E-state index >= 15 is 0 Å². The number of halogens is 2. The fourth-order valence-corrected chi connectivity index (χ4v) is 4.15. The van der Waals surface area contributed by atoms with Gasteiger partial charge in [0.05, 0.1) is 20.9 Å². The minimum Gasteiger partial charge on any atom is -0.326 e. The van der Waals surface area contributed by atoms with Gasteiger partial charge in [-0.05, 0) is 30.4 Å². The average molecular weight is 273 g/mol. The molecule has 1 aliphatic rings. The van der Waals surface area contributed by atoms with E-state index in [1.165, 1.54) is 6.07 Å². The highest BCUT2D eigenvalue weighted by molar-refractivity contribution is 7.85. The fraction of sp³-hybridized carbons (Fsp3) is 0.538. The minimum absolute atomic E-state index is 0.0505. The Morgan fingerprint density at radius 3 is 2.56 bits per heavy atom. The van der Waals surface area contributed by atoms with Crippen molar-refractivity contribution < 1.29 is 13.0 Å². The molecule has 0 spiro atoms. The van der Waals surface area contributed by atoms with Crippen LogP contribution in [0.5, 0.6) is 0 Å². The first-order valence-corrected chi connectivity index (χ1v) is 7.15. The second-order valence-corrected chi connectivity index (χ2v) is 7.10. The summed E-state index contributed by atoms with van der Waals surface area (Å²) in [5.74, 6) is -1.42. The fourth-order valence-electron chi connectivity index (χ4n) is 2.41. The van der Waals surface area contributed by atoms with Crippen molar-refractivity contribution in [1.82, 2.24) is 0 Å². The van der Waals surface area contributed by atoms with Gasteiger partial charge in [0.1, 0.15) is 11.6 Å². The molecule has 1 saturated carbocycles. The second kappa shape index (κ2) is 4.70. The van der Waals surface area contributed by atoms with Gasteiger partial charge in [-0.25, -0.2) is 8.78 Å². The van der Waals surface area contributed by atoms with Gasteiger partial charge in [0.15, 0.2) is 0 Å². The predicted octanol–water partition coefficient (Wildman–Crippen LogP) is 2.59. The molecule has 3 atom stereocenters. The summed E-state index contributed by atoms with van der Waals surface area (Å²) in [6, 6.07) is 2.90. The van der Waals surface area contributed by atoms with Crippen molar-refractivity contribution in [2.24, 2.45) is 11.1 Å². The van der Waals surface area contributed by atoms with E-state index in [0.717, 1.165) is 18.6 Å². The SMILES string of the molecule is CC1(C)CCC(S(=O)c2ccc(F)cc2F)C1N. The molecule has 0 aromatic heterocycles. The standard InChI is InChI=1S/C13H17F2NOS/c1-13(2)6-5-11(12(13)16)18(17)10-4-3-8(14)7-9(10)15/h3-4,7,11-12H,5-6,16H2,1-2H3. The Labute approximate surface area is 108 Å². The zero-order valence-electron chi connectivity index (χ0n) is 10.5. The van der Waals surface area contributed by atoms with E-state index < -0.39 is 22.4 Å². The van der Waals surface area contributed by atoms with E-state index in [2.05, 4.69) is 0 Å². The Balaban J connectivity index is 2.27. The van der Waals surface area contributed by atoms with Gasteiger partial charge in [-0.3, -0.25) is 4.21 Å². The number of benzene rings is 1. The molecule has 1 fully saturated rings. The van der Waals surface area contributed by atoms with E-state index in [-0.39, 0.29) is 21.6 Å². The van der Waals surface area contributed by atoms with Crippen LogP contribution in [-0.4, -0.2) is 15.5 Å². The number of hydrogen-bond acceptors (Lipinski definition) is 2. The lowest BCUT2D eigenvalue weighted by atomic mass is 9.88. The maximum atomic E-state index is 13.6. The average Bonchev–Trinajstić information content (AvgIpc) is 2.53. The number of nitrogens with two attached hydrogens (primary N) is 1. The van der Waals surface area contributed by atoms with Crippen molar-refractivity contribution in [1.29, 1.82) is 0 Å². The van der Waals surface area contributed by atoms with Crippen molar-refractivity contribution in [3.63, 3.8) is 0 Å². The van der Waals surface area contributed by atoms with Gasteiger partial charge < -0.3 is 5.73 Å². The molecule has 0 radical (unpaired) electrons. The Bertz CT molecular complexity index is 490.